The van der Waals surface area contributed by atoms with Gasteiger partial charge in [-0.05, 0) is 55.2 Å². The molecule has 25 heavy (non-hydrogen) atoms. The third-order valence-corrected chi connectivity index (χ3v) is 4.67. The first-order valence-electron chi connectivity index (χ1n) is 8.65. The Morgan fingerprint density at radius 3 is 2.80 bits per heavy atom. The fourth-order valence-corrected chi connectivity index (χ4v) is 3.22. The number of fused-ring (bicyclic) bond motifs is 1. The zero-order chi connectivity index (χ0) is 17.2. The molecule has 0 bridgehead atoms. The zero-order valence-corrected chi connectivity index (χ0v) is 14.6. The minimum Gasteiger partial charge on any atom is -0.495 e. The van der Waals surface area contributed by atoms with E-state index in [1.54, 1.807) is 13.3 Å². The van der Waals surface area contributed by atoms with Gasteiger partial charge in [-0.3, -0.25) is 15.0 Å². The number of allylic oxidation sites excluding steroid dienone is 1. The van der Waals surface area contributed by atoms with Gasteiger partial charge in [0.15, 0.2) is 0 Å². The topological polar surface area (TPSA) is 46.8 Å². The Bertz CT molecular complexity index is 879. The van der Waals surface area contributed by atoms with Crippen molar-refractivity contribution in [3.05, 3.63) is 65.0 Å². The maximum absolute atomic E-state index is 5.15. The molecule has 0 spiro atoms. The first kappa shape index (κ1) is 15.8. The molecule has 3 heterocycles. The number of rotatable bonds is 5. The first-order valence-corrected chi connectivity index (χ1v) is 8.65. The van der Waals surface area contributed by atoms with Crippen molar-refractivity contribution in [2.24, 2.45) is 9.98 Å². The average Bonchev–Trinajstić information content (AvgIpc) is 3.25. The highest BCUT2D eigenvalue weighted by atomic mass is 16.5. The van der Waals surface area contributed by atoms with E-state index in [1.807, 2.05) is 18.3 Å². The molecule has 1 unspecified atom stereocenters. The molecule has 0 aliphatic carbocycles. The van der Waals surface area contributed by atoms with Gasteiger partial charge in [0.05, 0.1) is 30.7 Å². The summed E-state index contributed by atoms with van der Waals surface area (Å²) in [6.07, 6.45) is 8.67. The van der Waals surface area contributed by atoms with Crippen molar-refractivity contribution in [1.29, 1.82) is 0 Å². The first-order chi connectivity index (χ1) is 12.2. The highest BCUT2D eigenvalue weighted by molar-refractivity contribution is 6.20. The lowest BCUT2D eigenvalue weighted by molar-refractivity contribution is 0.412. The van der Waals surface area contributed by atoms with Crippen LogP contribution in [0.5, 0.6) is 5.75 Å². The number of aliphatic imine (C=N–C) groups is 2. The summed E-state index contributed by atoms with van der Waals surface area (Å²) in [5.74, 6) is 0.794. The Morgan fingerprint density at radius 2 is 2.08 bits per heavy atom. The van der Waals surface area contributed by atoms with E-state index in [-0.39, 0.29) is 6.04 Å². The van der Waals surface area contributed by atoms with Crippen molar-refractivity contribution in [3.63, 3.8) is 0 Å². The van der Waals surface area contributed by atoms with Gasteiger partial charge in [0.25, 0.3) is 0 Å². The maximum Gasteiger partial charge on any atom is 0.137 e. The van der Waals surface area contributed by atoms with E-state index in [0.717, 1.165) is 42.1 Å². The Labute approximate surface area is 148 Å². The number of hydrogen-bond donors (Lipinski definition) is 0. The van der Waals surface area contributed by atoms with Crippen LogP contribution in [-0.2, 0) is 19.3 Å². The second-order valence-corrected chi connectivity index (χ2v) is 6.53. The van der Waals surface area contributed by atoms with Crippen LogP contribution in [0.3, 0.4) is 0 Å². The summed E-state index contributed by atoms with van der Waals surface area (Å²) in [4.78, 5) is 13.7. The van der Waals surface area contributed by atoms with Gasteiger partial charge < -0.3 is 4.74 Å². The van der Waals surface area contributed by atoms with Crippen molar-refractivity contribution in [2.75, 3.05) is 7.11 Å². The number of aromatic nitrogens is 1. The Kier molecular flexibility index (Phi) is 4.18. The molecule has 4 heteroatoms. The molecule has 2 aliphatic heterocycles. The number of nitrogens with zero attached hydrogens (tertiary/aromatic N) is 3. The van der Waals surface area contributed by atoms with Crippen LogP contribution in [0.1, 0.15) is 23.7 Å². The fourth-order valence-electron chi connectivity index (χ4n) is 3.22. The van der Waals surface area contributed by atoms with Gasteiger partial charge in [-0.25, -0.2) is 0 Å². The van der Waals surface area contributed by atoms with E-state index in [0.29, 0.717) is 0 Å². The van der Waals surface area contributed by atoms with Crippen molar-refractivity contribution >= 4 is 17.6 Å². The highest BCUT2D eigenvalue weighted by Crippen LogP contribution is 2.30. The van der Waals surface area contributed by atoms with E-state index in [4.69, 9.17) is 9.73 Å². The summed E-state index contributed by atoms with van der Waals surface area (Å²) in [7, 11) is 1.66. The number of aryl methyl sites for hydroxylation is 2. The van der Waals surface area contributed by atoms with E-state index < -0.39 is 0 Å². The van der Waals surface area contributed by atoms with Crippen LogP contribution in [-0.4, -0.2) is 30.1 Å². The summed E-state index contributed by atoms with van der Waals surface area (Å²) in [5, 5.41) is 0. The van der Waals surface area contributed by atoms with Gasteiger partial charge in [-0.2, -0.15) is 0 Å². The molecule has 126 valence electrons. The lowest BCUT2D eigenvalue weighted by Crippen LogP contribution is -2.02. The molecule has 2 aliphatic rings. The van der Waals surface area contributed by atoms with Gasteiger partial charge in [0.2, 0.25) is 0 Å². The van der Waals surface area contributed by atoms with Gasteiger partial charge in [-0.15, -0.1) is 0 Å². The molecule has 0 saturated carbocycles. The lowest BCUT2D eigenvalue weighted by atomic mass is 10.0. The van der Waals surface area contributed by atoms with Crippen LogP contribution in [0.15, 0.2) is 58.2 Å². The summed E-state index contributed by atoms with van der Waals surface area (Å²) in [6, 6.07) is 10.9. The minimum atomic E-state index is 0.272. The number of benzene rings is 1. The van der Waals surface area contributed by atoms with Crippen molar-refractivity contribution in [3.8, 4) is 5.75 Å². The standard InChI is InChI=1S/C21H21N3O/c1-14-9-17(12-22-14)21-11-16-5-3-15(10-20(16)24-21)4-6-18-7-8-19(25-2)13-23-18/h3,5,7-10,12-14H,4,6,11H2,1-2H3. The zero-order valence-electron chi connectivity index (χ0n) is 14.6. The molecule has 4 rings (SSSR count). The molecule has 0 fully saturated rings. The second kappa shape index (κ2) is 6.63. The van der Waals surface area contributed by atoms with E-state index in [2.05, 4.69) is 41.2 Å². The van der Waals surface area contributed by atoms with Gasteiger partial charge in [0, 0.05) is 23.9 Å². The molecule has 4 nitrogen and oxygen atoms in total. The number of methoxy groups -OCH3 is 1. The monoisotopic (exact) mass is 331 g/mol. The van der Waals surface area contributed by atoms with E-state index in [9.17, 15) is 0 Å². The molecular weight excluding hydrogens is 310 g/mol. The summed E-state index contributed by atoms with van der Waals surface area (Å²) in [6.45, 7) is 2.09. The third-order valence-electron chi connectivity index (χ3n) is 4.67. The SMILES string of the molecule is COc1ccc(CCc2ccc3c(c2)N=C(C2=CC(C)N=C2)C3)nc1. The smallest absolute Gasteiger partial charge is 0.137 e. The molecular formula is C21H21N3O. The van der Waals surface area contributed by atoms with Crippen LogP contribution >= 0.6 is 0 Å². The largest absolute Gasteiger partial charge is 0.495 e. The van der Waals surface area contributed by atoms with Crippen LogP contribution in [0.25, 0.3) is 0 Å². The molecule has 1 aromatic heterocycles. The Balaban J connectivity index is 1.46. The molecule has 1 aromatic carbocycles. The lowest BCUT2D eigenvalue weighted by Gasteiger charge is -2.05. The molecule has 1 atom stereocenters. The quantitative estimate of drug-likeness (QED) is 0.834. The van der Waals surface area contributed by atoms with Crippen LogP contribution in [0.4, 0.5) is 5.69 Å². The third kappa shape index (κ3) is 3.38. The Hall–Kier alpha value is -2.75. The van der Waals surface area contributed by atoms with Crippen molar-refractivity contribution in [2.45, 2.75) is 32.2 Å². The van der Waals surface area contributed by atoms with Crippen molar-refractivity contribution < 1.29 is 4.74 Å². The fraction of sp³-hybridized carbons (Fsp3) is 0.286. The Morgan fingerprint density at radius 1 is 1.16 bits per heavy atom. The van der Waals surface area contributed by atoms with E-state index >= 15 is 0 Å². The normalized spacial score (nSPS) is 18.1. The predicted molar refractivity (Wildman–Crippen MR) is 101 cm³/mol. The highest BCUT2D eigenvalue weighted by Gasteiger charge is 2.19. The number of hydrogen-bond acceptors (Lipinski definition) is 4. The van der Waals surface area contributed by atoms with Crippen LogP contribution < -0.4 is 4.74 Å². The summed E-state index contributed by atoms with van der Waals surface area (Å²) in [5.41, 5.74) is 7.08. The molecule has 0 amide bonds. The average molecular weight is 331 g/mol. The number of pyridine rings is 1. The van der Waals surface area contributed by atoms with Crippen LogP contribution in [0, 0.1) is 0 Å². The van der Waals surface area contributed by atoms with E-state index in [1.165, 1.54) is 16.7 Å². The number of ether oxygens (including phenoxy) is 1. The van der Waals surface area contributed by atoms with Gasteiger partial charge in [-0.1, -0.05) is 12.1 Å². The van der Waals surface area contributed by atoms with Crippen molar-refractivity contribution in [1.82, 2.24) is 4.98 Å². The van der Waals surface area contributed by atoms with Gasteiger partial charge in [0.1, 0.15) is 5.75 Å². The minimum absolute atomic E-state index is 0.272. The van der Waals surface area contributed by atoms with Crippen LogP contribution in [0.2, 0.25) is 0 Å². The summed E-state index contributed by atoms with van der Waals surface area (Å²) >= 11 is 0. The maximum atomic E-state index is 5.15. The molecule has 0 N–H and O–H groups in total. The molecule has 2 aromatic rings. The molecule has 0 radical (unpaired) electrons. The molecule has 0 saturated heterocycles. The second-order valence-electron chi connectivity index (χ2n) is 6.53. The van der Waals surface area contributed by atoms with Gasteiger partial charge >= 0.3 is 0 Å². The predicted octanol–water partition coefficient (Wildman–Crippen LogP) is 3.90. The summed E-state index contributed by atoms with van der Waals surface area (Å²) < 4.78 is 5.15.